The molecule has 10 heavy (non-hydrogen) atoms. The van der Waals surface area contributed by atoms with Crippen LogP contribution in [0.4, 0.5) is 0 Å². The van der Waals surface area contributed by atoms with Gasteiger partial charge in [-0.1, -0.05) is 27.2 Å². The quantitative estimate of drug-likeness (QED) is 0.539. The van der Waals surface area contributed by atoms with E-state index in [1.807, 2.05) is 0 Å². The predicted molar refractivity (Wildman–Crippen MR) is 44.0 cm³/mol. The molecule has 0 saturated carbocycles. The molecule has 0 saturated heterocycles. The second-order valence-corrected chi connectivity index (χ2v) is 3.62. The summed E-state index contributed by atoms with van der Waals surface area (Å²) in [5.41, 5.74) is 0.371. The molecule has 60 valence electrons. The molecule has 1 nitrogen and oxygen atoms in total. The summed E-state index contributed by atoms with van der Waals surface area (Å²) in [4.78, 5) is 10.1. The van der Waals surface area contributed by atoms with Crippen LogP contribution in [0.3, 0.4) is 0 Å². The summed E-state index contributed by atoms with van der Waals surface area (Å²) < 4.78 is 0. The topological polar surface area (TPSA) is 17.1 Å². The maximum absolute atomic E-state index is 10.1. The van der Waals surface area contributed by atoms with Crippen molar-refractivity contribution in [2.75, 3.05) is 0 Å². The van der Waals surface area contributed by atoms with Crippen LogP contribution in [0.15, 0.2) is 0 Å². The van der Waals surface area contributed by atoms with Gasteiger partial charge in [-0.15, -0.1) is 0 Å². The van der Waals surface area contributed by atoms with E-state index in [4.69, 9.17) is 0 Å². The largest absolute Gasteiger partial charge is 0.303 e. The Hall–Kier alpha value is -0.330. The molecule has 1 heteroatoms. The lowest BCUT2D eigenvalue weighted by Gasteiger charge is -2.22. The van der Waals surface area contributed by atoms with Crippen LogP contribution < -0.4 is 0 Å². The van der Waals surface area contributed by atoms with E-state index in [1.54, 1.807) is 0 Å². The molecule has 0 unspecified atom stereocenters. The minimum absolute atomic E-state index is 0.371. The van der Waals surface area contributed by atoms with Gasteiger partial charge in [-0.2, -0.15) is 0 Å². The van der Waals surface area contributed by atoms with Gasteiger partial charge in [0.2, 0.25) is 0 Å². The molecule has 0 radical (unpaired) electrons. The summed E-state index contributed by atoms with van der Waals surface area (Å²) >= 11 is 0. The molecule has 0 fully saturated rings. The van der Waals surface area contributed by atoms with E-state index in [0.717, 1.165) is 12.7 Å². The Morgan fingerprint density at radius 2 is 1.90 bits per heavy atom. The van der Waals surface area contributed by atoms with Crippen LogP contribution in [0.25, 0.3) is 0 Å². The molecule has 0 bridgehead atoms. The highest BCUT2D eigenvalue weighted by Gasteiger charge is 2.14. The van der Waals surface area contributed by atoms with E-state index >= 15 is 0 Å². The van der Waals surface area contributed by atoms with Crippen LogP contribution in [0.2, 0.25) is 0 Å². The molecule has 0 aliphatic rings. The Labute approximate surface area is 63.8 Å². The highest BCUT2D eigenvalue weighted by molar-refractivity contribution is 5.49. The van der Waals surface area contributed by atoms with Crippen LogP contribution in [0.1, 0.15) is 46.5 Å². The Kier molecular flexibility index (Phi) is 4.33. The van der Waals surface area contributed by atoms with E-state index < -0.39 is 0 Å². The standard InChI is InChI=1S/C9H18O/c1-4-6-9(2,3)7-5-8-10/h8H,4-7H2,1-3H3. The fourth-order valence-corrected chi connectivity index (χ4v) is 1.25. The van der Waals surface area contributed by atoms with Crippen molar-refractivity contribution in [3.05, 3.63) is 0 Å². The van der Waals surface area contributed by atoms with Crippen LogP contribution in [-0.4, -0.2) is 6.29 Å². The Morgan fingerprint density at radius 3 is 2.30 bits per heavy atom. The first-order chi connectivity index (χ1) is 4.62. The first kappa shape index (κ1) is 9.67. The van der Waals surface area contributed by atoms with Crippen molar-refractivity contribution in [3.8, 4) is 0 Å². The van der Waals surface area contributed by atoms with Gasteiger partial charge in [0, 0.05) is 6.42 Å². The molecule has 0 aliphatic heterocycles. The van der Waals surface area contributed by atoms with Crippen molar-refractivity contribution < 1.29 is 4.79 Å². The molecule has 0 aromatic heterocycles. The monoisotopic (exact) mass is 142 g/mol. The lowest BCUT2D eigenvalue weighted by atomic mass is 9.84. The Bertz CT molecular complexity index is 94.9. The molecule has 0 spiro atoms. The SMILES string of the molecule is CCCC(C)(C)CCC=O. The van der Waals surface area contributed by atoms with Gasteiger partial charge in [-0.05, 0) is 18.3 Å². The zero-order valence-electron chi connectivity index (χ0n) is 7.31. The van der Waals surface area contributed by atoms with E-state index in [1.165, 1.54) is 12.8 Å². The molecule has 0 aromatic carbocycles. The summed E-state index contributed by atoms with van der Waals surface area (Å²) in [5.74, 6) is 0. The summed E-state index contributed by atoms with van der Waals surface area (Å²) in [7, 11) is 0. The van der Waals surface area contributed by atoms with Gasteiger partial charge in [0.05, 0.1) is 0 Å². The van der Waals surface area contributed by atoms with Gasteiger partial charge < -0.3 is 4.79 Å². The van der Waals surface area contributed by atoms with Gasteiger partial charge in [0.25, 0.3) is 0 Å². The third-order valence-corrected chi connectivity index (χ3v) is 1.87. The molecular weight excluding hydrogens is 124 g/mol. The minimum Gasteiger partial charge on any atom is -0.303 e. The number of rotatable bonds is 5. The molecule has 0 heterocycles. The van der Waals surface area contributed by atoms with Crippen LogP contribution in [-0.2, 0) is 4.79 Å². The highest BCUT2D eigenvalue weighted by atomic mass is 16.1. The second-order valence-electron chi connectivity index (χ2n) is 3.62. The third kappa shape index (κ3) is 4.54. The van der Waals surface area contributed by atoms with Crippen LogP contribution in [0, 0.1) is 5.41 Å². The minimum atomic E-state index is 0.371. The normalized spacial score (nSPS) is 11.5. The zero-order valence-corrected chi connectivity index (χ0v) is 7.31. The number of hydrogen-bond acceptors (Lipinski definition) is 1. The summed E-state index contributed by atoms with van der Waals surface area (Å²) in [6.45, 7) is 6.63. The Balaban J connectivity index is 3.51. The number of hydrogen-bond donors (Lipinski definition) is 0. The van der Waals surface area contributed by atoms with Crippen molar-refractivity contribution in [2.24, 2.45) is 5.41 Å². The third-order valence-electron chi connectivity index (χ3n) is 1.87. The molecule has 0 atom stereocenters. The van der Waals surface area contributed by atoms with Crippen LogP contribution in [0.5, 0.6) is 0 Å². The van der Waals surface area contributed by atoms with Gasteiger partial charge in [-0.25, -0.2) is 0 Å². The Morgan fingerprint density at radius 1 is 1.30 bits per heavy atom. The summed E-state index contributed by atoms with van der Waals surface area (Å²) in [6, 6.07) is 0. The number of carbonyl (C=O) groups excluding carboxylic acids is 1. The summed E-state index contributed by atoms with van der Waals surface area (Å²) in [6.07, 6.45) is 5.20. The van der Waals surface area contributed by atoms with E-state index in [9.17, 15) is 4.79 Å². The van der Waals surface area contributed by atoms with Crippen LogP contribution >= 0.6 is 0 Å². The van der Waals surface area contributed by atoms with Gasteiger partial charge >= 0.3 is 0 Å². The van der Waals surface area contributed by atoms with Crippen molar-refractivity contribution in [1.82, 2.24) is 0 Å². The van der Waals surface area contributed by atoms with Gasteiger partial charge in [-0.3, -0.25) is 0 Å². The zero-order chi connectivity index (χ0) is 8.04. The smallest absolute Gasteiger partial charge is 0.120 e. The van der Waals surface area contributed by atoms with Crippen molar-refractivity contribution in [1.29, 1.82) is 0 Å². The lowest BCUT2D eigenvalue weighted by Crippen LogP contribution is -2.10. The van der Waals surface area contributed by atoms with Gasteiger partial charge in [0.1, 0.15) is 6.29 Å². The highest BCUT2D eigenvalue weighted by Crippen LogP contribution is 2.27. The number of carbonyl (C=O) groups is 1. The average Bonchev–Trinajstić information content (AvgIpc) is 1.84. The van der Waals surface area contributed by atoms with E-state index in [2.05, 4.69) is 20.8 Å². The number of aldehydes is 1. The second kappa shape index (κ2) is 4.48. The fourth-order valence-electron chi connectivity index (χ4n) is 1.25. The van der Waals surface area contributed by atoms with Crippen molar-refractivity contribution in [3.63, 3.8) is 0 Å². The molecule has 0 amide bonds. The molecule has 0 aliphatic carbocycles. The molecule has 0 rings (SSSR count). The lowest BCUT2D eigenvalue weighted by molar-refractivity contribution is -0.108. The van der Waals surface area contributed by atoms with Crippen molar-refractivity contribution in [2.45, 2.75) is 46.5 Å². The molecule has 0 aromatic rings. The van der Waals surface area contributed by atoms with E-state index in [0.29, 0.717) is 11.8 Å². The maximum Gasteiger partial charge on any atom is 0.120 e. The predicted octanol–water partition coefficient (Wildman–Crippen LogP) is 2.79. The first-order valence-electron chi connectivity index (χ1n) is 4.06. The fraction of sp³-hybridized carbons (Fsp3) is 0.889. The van der Waals surface area contributed by atoms with Crippen molar-refractivity contribution >= 4 is 6.29 Å². The van der Waals surface area contributed by atoms with Gasteiger partial charge in [0.15, 0.2) is 0 Å². The molecule has 0 N–H and O–H groups in total. The first-order valence-corrected chi connectivity index (χ1v) is 4.06. The molecular formula is C9H18O. The average molecular weight is 142 g/mol. The summed E-state index contributed by atoms with van der Waals surface area (Å²) in [5, 5.41) is 0. The van der Waals surface area contributed by atoms with E-state index in [-0.39, 0.29) is 0 Å². The maximum atomic E-state index is 10.1.